The standard InChI is InChI=1S/C31H35FN8O6/c1-18-22(32)12-19(26-35-28(46-36-26)20-16-39(17-20)29(42)44-5)13-23(18)34-27(41)24-15-33-25-14-21(6-7-40(24)25)37-8-10-38(11-9-37)30(43)45-31(2,3)4/h6-7,12-15,20H,8-11,16-17H2,1-5H3,(H,34,41). The Kier molecular flexibility index (Phi) is 8.00. The van der Waals surface area contributed by atoms with Crippen molar-refractivity contribution < 1.29 is 32.8 Å². The van der Waals surface area contributed by atoms with Crippen molar-refractivity contribution >= 4 is 35.1 Å². The third-order valence-electron chi connectivity index (χ3n) is 7.98. The third-order valence-corrected chi connectivity index (χ3v) is 7.98. The molecule has 0 radical (unpaired) electrons. The first kappa shape index (κ1) is 30.8. The Morgan fingerprint density at radius 2 is 1.78 bits per heavy atom. The highest BCUT2D eigenvalue weighted by Crippen LogP contribution is 2.31. The fourth-order valence-corrected chi connectivity index (χ4v) is 5.36. The van der Waals surface area contributed by atoms with Crippen molar-refractivity contribution in [2.24, 2.45) is 0 Å². The number of fused-ring (bicyclic) bond motifs is 1. The predicted octanol–water partition coefficient (Wildman–Crippen LogP) is 4.31. The van der Waals surface area contributed by atoms with Crippen molar-refractivity contribution in [3.05, 3.63) is 59.6 Å². The number of amides is 3. The molecule has 15 heteroatoms. The largest absolute Gasteiger partial charge is 0.453 e. The maximum Gasteiger partial charge on any atom is 0.410 e. The molecule has 4 aromatic rings. The molecule has 2 saturated heterocycles. The summed E-state index contributed by atoms with van der Waals surface area (Å²) in [5, 5.41) is 6.79. The zero-order chi connectivity index (χ0) is 32.7. The van der Waals surface area contributed by atoms with Crippen LogP contribution in [0.1, 0.15) is 48.6 Å². The van der Waals surface area contributed by atoms with Crippen LogP contribution in [0.2, 0.25) is 0 Å². The van der Waals surface area contributed by atoms with Gasteiger partial charge in [-0.15, -0.1) is 0 Å². The first-order valence-electron chi connectivity index (χ1n) is 14.9. The molecule has 2 aliphatic heterocycles. The lowest BCUT2D eigenvalue weighted by Gasteiger charge is -2.36. The maximum absolute atomic E-state index is 15.0. The molecule has 1 aromatic carbocycles. The number of pyridine rings is 1. The highest BCUT2D eigenvalue weighted by molar-refractivity contribution is 6.04. The number of imidazole rings is 1. The Hall–Kier alpha value is -5.21. The van der Waals surface area contributed by atoms with Crippen LogP contribution in [0.4, 0.5) is 25.4 Å². The number of carbonyl (C=O) groups excluding carboxylic acids is 3. The van der Waals surface area contributed by atoms with Crippen LogP contribution in [0.25, 0.3) is 17.0 Å². The number of piperazine rings is 1. The number of benzene rings is 1. The fraction of sp³-hybridized carbons (Fsp3) is 0.419. The minimum Gasteiger partial charge on any atom is -0.453 e. The second-order valence-corrected chi connectivity index (χ2v) is 12.3. The van der Waals surface area contributed by atoms with Gasteiger partial charge in [-0.2, -0.15) is 4.98 Å². The van der Waals surface area contributed by atoms with Crippen molar-refractivity contribution in [2.75, 3.05) is 56.6 Å². The number of aromatic nitrogens is 4. The van der Waals surface area contributed by atoms with Crippen molar-refractivity contribution in [1.82, 2.24) is 29.3 Å². The van der Waals surface area contributed by atoms with E-state index >= 15 is 4.39 Å². The Bertz CT molecular complexity index is 1800. The van der Waals surface area contributed by atoms with Crippen LogP contribution in [0.5, 0.6) is 0 Å². The summed E-state index contributed by atoms with van der Waals surface area (Å²) in [4.78, 5) is 51.6. The summed E-state index contributed by atoms with van der Waals surface area (Å²) in [6.07, 6.45) is 2.47. The molecule has 0 unspecified atom stereocenters. The Morgan fingerprint density at radius 1 is 1.04 bits per heavy atom. The van der Waals surface area contributed by atoms with E-state index in [-0.39, 0.29) is 34.8 Å². The van der Waals surface area contributed by atoms with Crippen LogP contribution < -0.4 is 10.2 Å². The number of ether oxygens (including phenoxy) is 2. The van der Waals surface area contributed by atoms with Gasteiger partial charge in [0.2, 0.25) is 11.7 Å². The van der Waals surface area contributed by atoms with Crippen molar-refractivity contribution in [2.45, 2.75) is 39.2 Å². The molecule has 0 atom stereocenters. The molecule has 0 bridgehead atoms. The molecule has 3 aromatic heterocycles. The summed E-state index contributed by atoms with van der Waals surface area (Å²) in [5.41, 5.74) is 2.02. The van der Waals surface area contributed by atoms with E-state index < -0.39 is 23.4 Å². The van der Waals surface area contributed by atoms with Crippen LogP contribution in [-0.2, 0) is 9.47 Å². The van der Waals surface area contributed by atoms with Crippen LogP contribution in [0, 0.1) is 12.7 Å². The molecule has 242 valence electrons. The zero-order valence-electron chi connectivity index (χ0n) is 26.2. The van der Waals surface area contributed by atoms with E-state index in [1.807, 2.05) is 32.9 Å². The van der Waals surface area contributed by atoms with Gasteiger partial charge in [0.25, 0.3) is 5.91 Å². The first-order chi connectivity index (χ1) is 21.9. The topological polar surface area (TPSA) is 148 Å². The van der Waals surface area contributed by atoms with Gasteiger partial charge in [-0.25, -0.2) is 19.0 Å². The zero-order valence-corrected chi connectivity index (χ0v) is 26.2. The number of nitrogens with one attached hydrogen (secondary N) is 1. The number of methoxy groups -OCH3 is 1. The summed E-state index contributed by atoms with van der Waals surface area (Å²) in [5.74, 6) is -0.675. The lowest BCUT2D eigenvalue weighted by atomic mass is 10.0. The number of carbonyl (C=O) groups is 3. The van der Waals surface area contributed by atoms with Crippen molar-refractivity contribution in [1.29, 1.82) is 0 Å². The van der Waals surface area contributed by atoms with E-state index in [9.17, 15) is 14.4 Å². The van der Waals surface area contributed by atoms with Gasteiger partial charge in [0, 0.05) is 74.0 Å². The molecule has 2 fully saturated rings. The first-order valence-corrected chi connectivity index (χ1v) is 14.9. The number of rotatable bonds is 5. The van der Waals surface area contributed by atoms with Gasteiger partial charge >= 0.3 is 12.2 Å². The van der Waals surface area contributed by atoms with E-state index in [1.165, 1.54) is 24.3 Å². The molecule has 46 heavy (non-hydrogen) atoms. The Balaban J connectivity index is 1.13. The fourth-order valence-electron chi connectivity index (χ4n) is 5.36. The van der Waals surface area contributed by atoms with Gasteiger partial charge in [0.15, 0.2) is 0 Å². The van der Waals surface area contributed by atoms with E-state index in [2.05, 4.69) is 25.3 Å². The van der Waals surface area contributed by atoms with E-state index in [1.54, 1.807) is 28.5 Å². The lowest BCUT2D eigenvalue weighted by Crippen LogP contribution is -2.50. The van der Waals surface area contributed by atoms with Gasteiger partial charge in [-0.05, 0) is 45.9 Å². The summed E-state index contributed by atoms with van der Waals surface area (Å²) in [6.45, 7) is 10.2. The molecular formula is C31H35FN8O6. The molecule has 2 aliphatic rings. The van der Waals surface area contributed by atoms with E-state index in [0.717, 1.165) is 5.69 Å². The van der Waals surface area contributed by atoms with Crippen LogP contribution in [0.15, 0.2) is 41.2 Å². The molecule has 6 rings (SSSR count). The molecule has 3 amide bonds. The second-order valence-electron chi connectivity index (χ2n) is 12.3. The number of nitrogens with zero attached hydrogens (tertiary/aromatic N) is 7. The molecular weight excluding hydrogens is 599 g/mol. The SMILES string of the molecule is COC(=O)N1CC(c2nc(-c3cc(F)c(C)c(NC(=O)c4cnc5cc(N6CCN(C(=O)OC(C)(C)C)CC6)ccn45)c3)no2)C1. The second kappa shape index (κ2) is 11.9. The Morgan fingerprint density at radius 3 is 2.48 bits per heavy atom. The van der Waals surface area contributed by atoms with Crippen molar-refractivity contribution in [3.8, 4) is 11.4 Å². The highest BCUT2D eigenvalue weighted by atomic mass is 19.1. The molecule has 0 aliphatic carbocycles. The maximum atomic E-state index is 15.0. The van der Waals surface area contributed by atoms with Crippen molar-refractivity contribution in [3.63, 3.8) is 0 Å². The summed E-state index contributed by atoms with van der Waals surface area (Å²) < 4.78 is 32.2. The molecule has 0 spiro atoms. The molecule has 5 heterocycles. The van der Waals surface area contributed by atoms with Crippen LogP contribution in [-0.4, -0.2) is 99.4 Å². The minimum absolute atomic E-state index is 0.146. The van der Waals surface area contributed by atoms with E-state index in [4.69, 9.17) is 14.0 Å². The average Bonchev–Trinajstić information content (AvgIpc) is 3.65. The summed E-state index contributed by atoms with van der Waals surface area (Å²) in [6, 6.07) is 6.64. The predicted molar refractivity (Wildman–Crippen MR) is 164 cm³/mol. The van der Waals surface area contributed by atoms with Crippen LogP contribution in [0.3, 0.4) is 0 Å². The number of halogens is 1. The summed E-state index contributed by atoms with van der Waals surface area (Å²) in [7, 11) is 1.31. The summed E-state index contributed by atoms with van der Waals surface area (Å²) >= 11 is 0. The molecule has 0 saturated carbocycles. The quantitative estimate of drug-likeness (QED) is 0.337. The average molecular weight is 635 g/mol. The van der Waals surface area contributed by atoms with Gasteiger partial charge in [-0.1, -0.05) is 5.16 Å². The smallest absolute Gasteiger partial charge is 0.410 e. The number of hydrogen-bond donors (Lipinski definition) is 1. The molecule has 1 N–H and O–H groups in total. The number of likely N-dealkylation sites (tertiary alicyclic amines) is 1. The van der Waals surface area contributed by atoms with Gasteiger partial charge in [0.1, 0.15) is 22.8 Å². The Labute approximate surface area is 264 Å². The van der Waals surface area contributed by atoms with Gasteiger partial charge in [0.05, 0.1) is 19.2 Å². The van der Waals surface area contributed by atoms with Crippen LogP contribution >= 0.6 is 0 Å². The number of hydrogen-bond acceptors (Lipinski definition) is 10. The molecule has 14 nitrogen and oxygen atoms in total. The lowest BCUT2D eigenvalue weighted by molar-refractivity contribution is 0.0240. The van der Waals surface area contributed by atoms with Gasteiger partial charge in [-0.3, -0.25) is 9.20 Å². The normalized spacial score (nSPS) is 15.6. The third kappa shape index (κ3) is 6.17. The van der Waals surface area contributed by atoms with E-state index in [0.29, 0.717) is 56.4 Å². The highest BCUT2D eigenvalue weighted by Gasteiger charge is 2.36. The monoisotopic (exact) mass is 634 g/mol. The minimum atomic E-state index is -0.550. The number of anilines is 2. The van der Waals surface area contributed by atoms with Gasteiger partial charge < -0.3 is 34.0 Å².